The molecule has 4 nitrogen and oxygen atoms in total. The van der Waals surface area contributed by atoms with Gasteiger partial charge in [0.2, 0.25) is 0 Å². The quantitative estimate of drug-likeness (QED) is 0.909. The molecule has 1 aromatic rings. The molecule has 0 radical (unpaired) electrons. The second-order valence-corrected chi connectivity index (χ2v) is 5.08. The third kappa shape index (κ3) is 2.78. The van der Waals surface area contributed by atoms with Crippen molar-refractivity contribution < 1.29 is 19.4 Å². The number of aliphatic carboxylic acids is 1. The van der Waals surface area contributed by atoms with E-state index in [1.54, 1.807) is 7.11 Å². The van der Waals surface area contributed by atoms with Crippen LogP contribution < -0.4 is 4.74 Å². The Labute approximate surface area is 112 Å². The summed E-state index contributed by atoms with van der Waals surface area (Å²) in [5, 5.41) is 9.34. The van der Waals surface area contributed by atoms with E-state index < -0.39 is 11.9 Å². The molecule has 2 atom stereocenters. The van der Waals surface area contributed by atoms with E-state index in [2.05, 4.69) is 0 Å². The molecule has 0 aromatic heterocycles. The smallest absolute Gasteiger partial charge is 0.307 e. The molecule has 4 heteroatoms. The highest BCUT2D eigenvalue weighted by Crippen LogP contribution is 2.40. The fourth-order valence-corrected chi connectivity index (χ4v) is 2.77. The lowest BCUT2D eigenvalue weighted by Gasteiger charge is -2.29. The Morgan fingerprint density at radius 1 is 1.42 bits per heavy atom. The summed E-state index contributed by atoms with van der Waals surface area (Å²) in [5.74, 6) is -0.828. The summed E-state index contributed by atoms with van der Waals surface area (Å²) in [6.45, 7) is 1.95. The van der Waals surface area contributed by atoms with Crippen molar-refractivity contribution in [3.05, 3.63) is 29.3 Å². The van der Waals surface area contributed by atoms with Gasteiger partial charge in [0.05, 0.1) is 13.0 Å². The van der Waals surface area contributed by atoms with Gasteiger partial charge in [0.25, 0.3) is 0 Å². The number of carboxylic acid groups (broad SMARTS) is 1. The van der Waals surface area contributed by atoms with Gasteiger partial charge in [-0.1, -0.05) is 17.7 Å². The van der Waals surface area contributed by atoms with Crippen LogP contribution in [0.5, 0.6) is 5.75 Å². The molecule has 0 amide bonds. The average Bonchev–Trinajstić information content (AvgIpc) is 2.38. The molecule has 1 fully saturated rings. The van der Waals surface area contributed by atoms with Crippen molar-refractivity contribution >= 4 is 11.8 Å². The number of carbonyl (C=O) groups is 2. The summed E-state index contributed by atoms with van der Waals surface area (Å²) in [6.07, 6.45) is 1.06. The standard InChI is InChI=1S/C15H18O4/c1-9-3-6-14(19-2)13(7-9)12-8-10(16)4-5-11(12)15(17)18/h3,6-7,11-12H,4-5,8H2,1-2H3,(H,17,18). The van der Waals surface area contributed by atoms with Crippen LogP contribution in [-0.2, 0) is 9.59 Å². The number of methoxy groups -OCH3 is 1. The molecule has 1 N–H and O–H groups in total. The van der Waals surface area contributed by atoms with Gasteiger partial charge < -0.3 is 9.84 Å². The lowest BCUT2D eigenvalue weighted by molar-refractivity contribution is -0.144. The fourth-order valence-electron chi connectivity index (χ4n) is 2.77. The van der Waals surface area contributed by atoms with Gasteiger partial charge >= 0.3 is 5.97 Å². The van der Waals surface area contributed by atoms with Gasteiger partial charge in [-0.25, -0.2) is 0 Å². The van der Waals surface area contributed by atoms with Crippen LogP contribution in [0.15, 0.2) is 18.2 Å². The highest BCUT2D eigenvalue weighted by molar-refractivity contribution is 5.84. The fraction of sp³-hybridized carbons (Fsp3) is 0.467. The van der Waals surface area contributed by atoms with Crippen LogP contribution in [0, 0.1) is 12.8 Å². The number of aryl methyl sites for hydroxylation is 1. The molecule has 1 aliphatic carbocycles. The molecule has 19 heavy (non-hydrogen) atoms. The van der Waals surface area contributed by atoms with E-state index in [0.717, 1.165) is 11.1 Å². The Kier molecular flexibility index (Phi) is 3.88. The SMILES string of the molecule is COc1ccc(C)cc1C1CC(=O)CCC1C(=O)O. The zero-order valence-corrected chi connectivity index (χ0v) is 11.2. The number of ketones is 1. The third-order valence-electron chi connectivity index (χ3n) is 3.77. The van der Waals surface area contributed by atoms with Crippen molar-refractivity contribution in [1.82, 2.24) is 0 Å². The molecule has 0 heterocycles. The van der Waals surface area contributed by atoms with E-state index in [0.29, 0.717) is 18.6 Å². The molecule has 0 aliphatic heterocycles. The summed E-state index contributed by atoms with van der Waals surface area (Å²) in [7, 11) is 1.56. The minimum Gasteiger partial charge on any atom is -0.496 e. The molecule has 102 valence electrons. The number of carboxylic acids is 1. The summed E-state index contributed by atoms with van der Waals surface area (Å²) in [5.41, 5.74) is 1.88. The Hall–Kier alpha value is -1.84. The number of carbonyl (C=O) groups excluding carboxylic acids is 1. The van der Waals surface area contributed by atoms with E-state index in [1.165, 1.54) is 0 Å². The predicted octanol–water partition coefficient (Wildman–Crippen LogP) is 2.54. The first-order valence-corrected chi connectivity index (χ1v) is 6.42. The second kappa shape index (κ2) is 5.43. The van der Waals surface area contributed by atoms with Crippen LogP contribution in [0.4, 0.5) is 0 Å². The van der Waals surface area contributed by atoms with Gasteiger partial charge in [0.15, 0.2) is 0 Å². The monoisotopic (exact) mass is 262 g/mol. The summed E-state index contributed by atoms with van der Waals surface area (Å²) >= 11 is 0. The van der Waals surface area contributed by atoms with Gasteiger partial charge in [-0.05, 0) is 25.0 Å². The molecular weight excluding hydrogens is 244 g/mol. The lowest BCUT2D eigenvalue weighted by Crippen LogP contribution is -2.29. The first kappa shape index (κ1) is 13.6. The van der Waals surface area contributed by atoms with Gasteiger partial charge in [-0.15, -0.1) is 0 Å². The zero-order valence-electron chi connectivity index (χ0n) is 11.2. The van der Waals surface area contributed by atoms with Crippen LogP contribution in [0.2, 0.25) is 0 Å². The molecule has 0 bridgehead atoms. The van der Waals surface area contributed by atoms with Crippen molar-refractivity contribution in [2.45, 2.75) is 32.1 Å². The lowest BCUT2D eigenvalue weighted by atomic mass is 9.74. The normalized spacial score (nSPS) is 23.2. The van der Waals surface area contributed by atoms with Gasteiger partial charge in [-0.2, -0.15) is 0 Å². The number of Topliss-reactive ketones (excluding diaryl/α,β-unsaturated/α-hetero) is 1. The van der Waals surface area contributed by atoms with E-state index >= 15 is 0 Å². The van der Waals surface area contributed by atoms with E-state index in [4.69, 9.17) is 4.74 Å². The summed E-state index contributed by atoms with van der Waals surface area (Å²) in [6, 6.07) is 5.68. The predicted molar refractivity (Wildman–Crippen MR) is 70.5 cm³/mol. The topological polar surface area (TPSA) is 63.6 Å². The van der Waals surface area contributed by atoms with Crippen molar-refractivity contribution in [1.29, 1.82) is 0 Å². The maximum atomic E-state index is 11.7. The largest absolute Gasteiger partial charge is 0.496 e. The average molecular weight is 262 g/mol. The van der Waals surface area contributed by atoms with Crippen LogP contribution in [-0.4, -0.2) is 24.0 Å². The number of rotatable bonds is 3. The van der Waals surface area contributed by atoms with Crippen LogP contribution >= 0.6 is 0 Å². The number of ether oxygens (including phenoxy) is 1. The molecular formula is C15H18O4. The number of hydrogen-bond donors (Lipinski definition) is 1. The Bertz CT molecular complexity index is 507. The van der Waals surface area contributed by atoms with Crippen molar-refractivity contribution in [2.24, 2.45) is 5.92 Å². The Morgan fingerprint density at radius 2 is 2.16 bits per heavy atom. The van der Waals surface area contributed by atoms with Gasteiger partial charge in [0.1, 0.15) is 11.5 Å². The van der Waals surface area contributed by atoms with Gasteiger partial charge in [-0.3, -0.25) is 9.59 Å². The zero-order chi connectivity index (χ0) is 14.0. The number of hydrogen-bond acceptors (Lipinski definition) is 3. The molecule has 1 aromatic carbocycles. The van der Waals surface area contributed by atoms with Crippen LogP contribution in [0.3, 0.4) is 0 Å². The minimum absolute atomic E-state index is 0.131. The second-order valence-electron chi connectivity index (χ2n) is 5.08. The third-order valence-corrected chi connectivity index (χ3v) is 3.77. The van der Waals surface area contributed by atoms with Crippen molar-refractivity contribution in [2.75, 3.05) is 7.11 Å². The first-order chi connectivity index (χ1) is 9.02. The molecule has 0 spiro atoms. The van der Waals surface area contributed by atoms with Crippen molar-refractivity contribution in [3.8, 4) is 5.75 Å². The van der Waals surface area contributed by atoms with Crippen molar-refractivity contribution in [3.63, 3.8) is 0 Å². The summed E-state index contributed by atoms with van der Waals surface area (Å²) < 4.78 is 5.31. The van der Waals surface area contributed by atoms with Gasteiger partial charge in [0, 0.05) is 18.8 Å². The van der Waals surface area contributed by atoms with Crippen LogP contribution in [0.25, 0.3) is 0 Å². The van der Waals surface area contributed by atoms with E-state index in [-0.39, 0.29) is 18.1 Å². The maximum Gasteiger partial charge on any atom is 0.307 e. The molecule has 0 saturated heterocycles. The Morgan fingerprint density at radius 3 is 2.79 bits per heavy atom. The summed E-state index contributed by atoms with van der Waals surface area (Å²) in [4.78, 5) is 23.0. The number of benzene rings is 1. The Balaban J connectivity index is 2.43. The molecule has 1 aliphatic rings. The minimum atomic E-state index is -0.832. The molecule has 1 saturated carbocycles. The maximum absolute atomic E-state index is 11.7. The molecule has 2 rings (SSSR count). The highest BCUT2D eigenvalue weighted by Gasteiger charge is 2.36. The van der Waals surface area contributed by atoms with E-state index in [9.17, 15) is 14.7 Å². The first-order valence-electron chi connectivity index (χ1n) is 6.42. The molecule has 2 unspecified atom stereocenters. The van der Waals surface area contributed by atoms with E-state index in [1.807, 2.05) is 25.1 Å². The highest BCUT2D eigenvalue weighted by atomic mass is 16.5. The van der Waals surface area contributed by atoms with Crippen LogP contribution in [0.1, 0.15) is 36.3 Å².